The van der Waals surface area contributed by atoms with Gasteiger partial charge in [0.15, 0.2) is 5.69 Å². The number of pyridine rings is 1. The number of hydrogen-bond donors (Lipinski definition) is 0. The van der Waals surface area contributed by atoms with Crippen molar-refractivity contribution in [3.63, 3.8) is 0 Å². The van der Waals surface area contributed by atoms with E-state index in [1.165, 1.54) is 0 Å². The second-order valence-corrected chi connectivity index (χ2v) is 5.20. The Morgan fingerprint density at radius 2 is 2.09 bits per heavy atom. The van der Waals surface area contributed by atoms with E-state index in [4.69, 9.17) is 9.47 Å². The largest absolute Gasteiger partial charge is 0.497 e. The number of methoxy groups -OCH3 is 1. The Morgan fingerprint density at radius 1 is 1.26 bits per heavy atom. The molecule has 2 heterocycles. The average molecular weight is 310 g/mol. The van der Waals surface area contributed by atoms with Crippen LogP contribution >= 0.6 is 0 Å². The molecule has 0 saturated carbocycles. The van der Waals surface area contributed by atoms with Gasteiger partial charge in [0.2, 0.25) is 0 Å². The number of aromatic nitrogens is 2. The number of hydrogen-bond acceptors (Lipinski definition) is 4. The fraction of sp³-hybridized carbons (Fsp3) is 0.222. The van der Waals surface area contributed by atoms with Crippen molar-refractivity contribution in [3.8, 4) is 17.0 Å². The average Bonchev–Trinajstić information content (AvgIpc) is 2.93. The SMILES string of the molecule is CCOC(=O)c1c(-c2cccc(OC)c2)nc2ccc(C)cn12. The summed E-state index contributed by atoms with van der Waals surface area (Å²) in [5, 5.41) is 0. The van der Waals surface area contributed by atoms with Crippen molar-refractivity contribution < 1.29 is 14.3 Å². The van der Waals surface area contributed by atoms with Crippen molar-refractivity contribution in [2.45, 2.75) is 13.8 Å². The van der Waals surface area contributed by atoms with Gasteiger partial charge in [-0.3, -0.25) is 4.40 Å². The van der Waals surface area contributed by atoms with Gasteiger partial charge in [-0.25, -0.2) is 9.78 Å². The van der Waals surface area contributed by atoms with E-state index in [0.717, 1.165) is 11.1 Å². The Morgan fingerprint density at radius 3 is 2.83 bits per heavy atom. The van der Waals surface area contributed by atoms with E-state index in [9.17, 15) is 4.79 Å². The van der Waals surface area contributed by atoms with Crippen LogP contribution in [-0.4, -0.2) is 29.1 Å². The molecule has 0 radical (unpaired) electrons. The zero-order valence-corrected chi connectivity index (χ0v) is 13.4. The van der Waals surface area contributed by atoms with Gasteiger partial charge in [0, 0.05) is 11.8 Å². The third-order valence-corrected chi connectivity index (χ3v) is 3.58. The third-order valence-electron chi connectivity index (χ3n) is 3.58. The fourth-order valence-corrected chi connectivity index (χ4v) is 2.52. The van der Waals surface area contributed by atoms with Crippen LogP contribution in [0.25, 0.3) is 16.9 Å². The monoisotopic (exact) mass is 310 g/mol. The highest BCUT2D eigenvalue weighted by Gasteiger charge is 2.22. The molecule has 0 aliphatic rings. The van der Waals surface area contributed by atoms with Gasteiger partial charge >= 0.3 is 5.97 Å². The maximum absolute atomic E-state index is 12.5. The van der Waals surface area contributed by atoms with Crippen molar-refractivity contribution >= 4 is 11.6 Å². The molecule has 5 nitrogen and oxygen atoms in total. The summed E-state index contributed by atoms with van der Waals surface area (Å²) in [5.74, 6) is 0.328. The lowest BCUT2D eigenvalue weighted by molar-refractivity contribution is 0.0519. The molecule has 0 N–H and O–H groups in total. The first-order chi connectivity index (χ1) is 11.1. The molecule has 23 heavy (non-hydrogen) atoms. The summed E-state index contributed by atoms with van der Waals surface area (Å²) in [6, 6.07) is 11.3. The van der Waals surface area contributed by atoms with Gasteiger partial charge in [-0.2, -0.15) is 0 Å². The summed E-state index contributed by atoms with van der Waals surface area (Å²) in [4.78, 5) is 17.1. The van der Waals surface area contributed by atoms with Gasteiger partial charge in [0.25, 0.3) is 0 Å². The van der Waals surface area contributed by atoms with Gasteiger partial charge in [0.05, 0.1) is 13.7 Å². The lowest BCUT2D eigenvalue weighted by Crippen LogP contribution is -2.09. The number of imidazole rings is 1. The van der Waals surface area contributed by atoms with E-state index in [2.05, 4.69) is 4.98 Å². The first-order valence-corrected chi connectivity index (χ1v) is 7.44. The number of nitrogens with zero attached hydrogens (tertiary/aromatic N) is 2. The van der Waals surface area contributed by atoms with Crippen LogP contribution in [0.4, 0.5) is 0 Å². The highest BCUT2D eigenvalue weighted by molar-refractivity contribution is 5.96. The second kappa shape index (κ2) is 6.12. The normalized spacial score (nSPS) is 10.7. The Bertz CT molecular complexity index is 868. The number of ether oxygens (including phenoxy) is 2. The molecule has 0 atom stereocenters. The van der Waals surface area contributed by atoms with Gasteiger partial charge in [0.1, 0.15) is 17.1 Å². The molecule has 0 aliphatic heterocycles. The van der Waals surface area contributed by atoms with Crippen LogP contribution in [0.1, 0.15) is 23.0 Å². The summed E-state index contributed by atoms with van der Waals surface area (Å²) in [7, 11) is 1.61. The maximum atomic E-state index is 12.5. The molecule has 0 fully saturated rings. The molecule has 0 aliphatic carbocycles. The van der Waals surface area contributed by atoms with Crippen LogP contribution in [0.5, 0.6) is 5.75 Å². The predicted octanol–water partition coefficient (Wildman–Crippen LogP) is 3.50. The van der Waals surface area contributed by atoms with E-state index in [-0.39, 0.29) is 5.97 Å². The molecule has 0 bridgehead atoms. The molecule has 3 aromatic rings. The van der Waals surface area contributed by atoms with Crippen LogP contribution in [0.3, 0.4) is 0 Å². The van der Waals surface area contributed by atoms with Gasteiger partial charge < -0.3 is 9.47 Å². The zero-order valence-electron chi connectivity index (χ0n) is 13.4. The summed E-state index contributed by atoms with van der Waals surface area (Å²) in [5.41, 5.74) is 3.58. The Balaban J connectivity index is 2.26. The van der Waals surface area contributed by atoms with Crippen molar-refractivity contribution in [3.05, 3.63) is 53.9 Å². The lowest BCUT2D eigenvalue weighted by Gasteiger charge is -2.06. The highest BCUT2D eigenvalue weighted by atomic mass is 16.5. The Hall–Kier alpha value is -2.82. The van der Waals surface area contributed by atoms with E-state index in [1.807, 2.05) is 49.5 Å². The molecular formula is C18H18N2O3. The van der Waals surface area contributed by atoms with Crippen LogP contribution in [0.2, 0.25) is 0 Å². The van der Waals surface area contributed by atoms with Crippen molar-refractivity contribution in [2.24, 2.45) is 0 Å². The first-order valence-electron chi connectivity index (χ1n) is 7.44. The number of aryl methyl sites for hydroxylation is 1. The number of fused-ring (bicyclic) bond motifs is 1. The lowest BCUT2D eigenvalue weighted by atomic mass is 10.1. The van der Waals surface area contributed by atoms with Crippen molar-refractivity contribution in [1.29, 1.82) is 0 Å². The third kappa shape index (κ3) is 2.77. The molecule has 1 aromatic carbocycles. The number of carbonyl (C=O) groups is 1. The van der Waals surface area contributed by atoms with E-state index < -0.39 is 0 Å². The molecular weight excluding hydrogens is 292 g/mol. The smallest absolute Gasteiger partial charge is 0.357 e. The van der Waals surface area contributed by atoms with Gasteiger partial charge in [-0.15, -0.1) is 0 Å². The van der Waals surface area contributed by atoms with Crippen LogP contribution in [0.15, 0.2) is 42.6 Å². The predicted molar refractivity (Wildman–Crippen MR) is 87.9 cm³/mol. The molecule has 3 rings (SSSR count). The molecule has 0 unspecified atom stereocenters. The first kappa shape index (κ1) is 15.1. The molecule has 5 heteroatoms. The zero-order chi connectivity index (χ0) is 16.4. The van der Waals surface area contributed by atoms with Gasteiger partial charge in [-0.1, -0.05) is 18.2 Å². The Kier molecular flexibility index (Phi) is 4.02. The number of rotatable bonds is 4. The maximum Gasteiger partial charge on any atom is 0.357 e. The van der Waals surface area contributed by atoms with Crippen molar-refractivity contribution in [1.82, 2.24) is 9.38 Å². The Labute approximate surface area is 134 Å². The minimum absolute atomic E-state index is 0.315. The number of esters is 1. The van der Waals surface area contributed by atoms with Crippen LogP contribution < -0.4 is 4.74 Å². The van der Waals surface area contributed by atoms with E-state index in [0.29, 0.717) is 29.4 Å². The van der Waals surface area contributed by atoms with Crippen molar-refractivity contribution in [2.75, 3.05) is 13.7 Å². The highest BCUT2D eigenvalue weighted by Crippen LogP contribution is 2.28. The fourth-order valence-electron chi connectivity index (χ4n) is 2.52. The minimum atomic E-state index is -0.386. The standard InChI is InChI=1S/C18H18N2O3/c1-4-23-18(21)17-16(13-6-5-7-14(10-13)22-3)19-15-9-8-12(2)11-20(15)17/h5-11H,4H2,1-3H3. The molecule has 118 valence electrons. The summed E-state index contributed by atoms with van der Waals surface area (Å²) in [6.07, 6.45) is 1.89. The van der Waals surface area contributed by atoms with E-state index >= 15 is 0 Å². The van der Waals surface area contributed by atoms with Crippen LogP contribution in [-0.2, 0) is 4.74 Å². The molecule has 0 amide bonds. The molecule has 0 spiro atoms. The molecule has 2 aromatic heterocycles. The van der Waals surface area contributed by atoms with E-state index in [1.54, 1.807) is 18.4 Å². The second-order valence-electron chi connectivity index (χ2n) is 5.20. The minimum Gasteiger partial charge on any atom is -0.497 e. The molecule has 0 saturated heterocycles. The van der Waals surface area contributed by atoms with Crippen LogP contribution in [0, 0.1) is 6.92 Å². The topological polar surface area (TPSA) is 52.8 Å². The number of benzene rings is 1. The number of carbonyl (C=O) groups excluding carboxylic acids is 1. The van der Waals surface area contributed by atoms with Gasteiger partial charge in [-0.05, 0) is 37.6 Å². The summed E-state index contributed by atoms with van der Waals surface area (Å²) >= 11 is 0. The quantitative estimate of drug-likeness (QED) is 0.692. The summed E-state index contributed by atoms with van der Waals surface area (Å²) < 4.78 is 12.3. The summed E-state index contributed by atoms with van der Waals surface area (Å²) in [6.45, 7) is 4.08.